The van der Waals surface area contributed by atoms with Crippen LogP contribution in [0.2, 0.25) is 0 Å². The number of rotatable bonds is 5. The first-order valence-corrected chi connectivity index (χ1v) is 6.30. The minimum Gasteiger partial charge on any atom is -0.309 e. The smallest absolute Gasteiger partial charge is 0.103 e. The maximum atomic E-state index is 4.27. The second kappa shape index (κ2) is 5.73. The van der Waals surface area contributed by atoms with E-state index in [1.807, 2.05) is 23.7 Å². The summed E-state index contributed by atoms with van der Waals surface area (Å²) in [5, 5.41) is 11.9. The average Bonchev–Trinajstić information content (AvgIpc) is 2.79. The summed E-state index contributed by atoms with van der Waals surface area (Å²) in [5.41, 5.74) is 2.99. The molecule has 96 valence electrons. The fraction of sp³-hybridized carbons (Fsp3) is 0.462. The molecule has 0 aliphatic rings. The third-order valence-electron chi connectivity index (χ3n) is 2.93. The Morgan fingerprint density at radius 3 is 2.94 bits per heavy atom. The summed E-state index contributed by atoms with van der Waals surface area (Å²) in [7, 11) is 0. The van der Waals surface area contributed by atoms with E-state index in [1.165, 1.54) is 0 Å². The number of nitrogens with one attached hydrogen (secondary N) is 1. The summed E-state index contributed by atoms with van der Waals surface area (Å²) in [5.74, 6) is 0. The van der Waals surface area contributed by atoms with Gasteiger partial charge in [0, 0.05) is 6.20 Å². The van der Waals surface area contributed by atoms with Crippen molar-refractivity contribution in [1.82, 2.24) is 25.3 Å². The van der Waals surface area contributed by atoms with Gasteiger partial charge in [-0.05, 0) is 38.9 Å². The van der Waals surface area contributed by atoms with Crippen LogP contribution >= 0.6 is 0 Å². The van der Waals surface area contributed by atoms with Gasteiger partial charge in [-0.25, -0.2) is 4.68 Å². The summed E-state index contributed by atoms with van der Waals surface area (Å²) in [6, 6.07) is 4.09. The standard InChI is InChI=1S/C13H19N5/c1-4-7-15-10(2)13-11(3)18(17-16-13)12-6-5-8-14-9-12/h5-6,8-10,15H,4,7H2,1-3H3. The van der Waals surface area contributed by atoms with Gasteiger partial charge in [0.15, 0.2) is 0 Å². The van der Waals surface area contributed by atoms with Crippen LogP contribution in [-0.4, -0.2) is 26.5 Å². The maximum absolute atomic E-state index is 4.27. The molecule has 1 atom stereocenters. The van der Waals surface area contributed by atoms with Crippen LogP contribution in [0.15, 0.2) is 24.5 Å². The number of hydrogen-bond acceptors (Lipinski definition) is 4. The predicted octanol–water partition coefficient (Wildman–Crippen LogP) is 2.03. The van der Waals surface area contributed by atoms with Crippen molar-refractivity contribution in [2.75, 3.05) is 6.54 Å². The SMILES string of the molecule is CCCNC(C)c1nnn(-c2cccnc2)c1C. The molecule has 2 heterocycles. The van der Waals surface area contributed by atoms with Crippen molar-refractivity contribution in [3.63, 3.8) is 0 Å². The molecule has 0 saturated heterocycles. The van der Waals surface area contributed by atoms with Gasteiger partial charge in [0.1, 0.15) is 5.69 Å². The van der Waals surface area contributed by atoms with E-state index in [9.17, 15) is 0 Å². The molecule has 0 aliphatic heterocycles. The Balaban J connectivity index is 2.24. The van der Waals surface area contributed by atoms with Gasteiger partial charge in [-0.2, -0.15) is 0 Å². The number of nitrogens with zero attached hydrogens (tertiary/aromatic N) is 4. The molecule has 5 heteroatoms. The van der Waals surface area contributed by atoms with Gasteiger partial charge in [0.05, 0.1) is 23.6 Å². The molecule has 0 amide bonds. The van der Waals surface area contributed by atoms with E-state index < -0.39 is 0 Å². The van der Waals surface area contributed by atoms with E-state index in [2.05, 4.69) is 34.5 Å². The molecule has 0 aromatic carbocycles. The van der Waals surface area contributed by atoms with Crippen LogP contribution in [0.3, 0.4) is 0 Å². The highest BCUT2D eigenvalue weighted by molar-refractivity contribution is 5.30. The van der Waals surface area contributed by atoms with Crippen molar-refractivity contribution in [3.05, 3.63) is 35.9 Å². The lowest BCUT2D eigenvalue weighted by Gasteiger charge is -2.11. The molecule has 0 bridgehead atoms. The first-order valence-electron chi connectivity index (χ1n) is 6.30. The highest BCUT2D eigenvalue weighted by Crippen LogP contribution is 2.16. The Hall–Kier alpha value is -1.75. The Morgan fingerprint density at radius 1 is 1.44 bits per heavy atom. The Labute approximate surface area is 107 Å². The molecule has 0 spiro atoms. The van der Waals surface area contributed by atoms with Crippen LogP contribution in [0.5, 0.6) is 0 Å². The lowest BCUT2D eigenvalue weighted by molar-refractivity contribution is 0.555. The molecule has 2 rings (SSSR count). The van der Waals surface area contributed by atoms with Crippen LogP contribution in [0.4, 0.5) is 0 Å². The molecule has 0 aliphatic carbocycles. The lowest BCUT2D eigenvalue weighted by atomic mass is 10.2. The predicted molar refractivity (Wildman–Crippen MR) is 70.6 cm³/mol. The molecular weight excluding hydrogens is 226 g/mol. The lowest BCUT2D eigenvalue weighted by Crippen LogP contribution is -2.20. The van der Waals surface area contributed by atoms with Crippen molar-refractivity contribution in [2.24, 2.45) is 0 Å². The zero-order chi connectivity index (χ0) is 13.0. The van der Waals surface area contributed by atoms with E-state index in [-0.39, 0.29) is 6.04 Å². The van der Waals surface area contributed by atoms with Gasteiger partial charge in [-0.3, -0.25) is 4.98 Å². The molecule has 2 aromatic rings. The quantitative estimate of drug-likeness (QED) is 0.875. The zero-order valence-corrected chi connectivity index (χ0v) is 11.1. The summed E-state index contributed by atoms with van der Waals surface area (Å²) >= 11 is 0. The third-order valence-corrected chi connectivity index (χ3v) is 2.93. The second-order valence-electron chi connectivity index (χ2n) is 4.36. The molecule has 1 N–H and O–H groups in total. The average molecular weight is 245 g/mol. The third kappa shape index (κ3) is 2.56. The molecule has 0 radical (unpaired) electrons. The fourth-order valence-corrected chi connectivity index (χ4v) is 1.92. The highest BCUT2D eigenvalue weighted by Gasteiger charge is 2.15. The van der Waals surface area contributed by atoms with Gasteiger partial charge in [-0.15, -0.1) is 5.10 Å². The van der Waals surface area contributed by atoms with E-state index in [0.717, 1.165) is 30.0 Å². The Kier molecular flexibility index (Phi) is 4.04. The number of hydrogen-bond donors (Lipinski definition) is 1. The number of aromatic nitrogens is 4. The molecule has 2 aromatic heterocycles. The van der Waals surface area contributed by atoms with Crippen LogP contribution in [-0.2, 0) is 0 Å². The van der Waals surface area contributed by atoms with Gasteiger partial charge in [0.2, 0.25) is 0 Å². The molecule has 18 heavy (non-hydrogen) atoms. The second-order valence-corrected chi connectivity index (χ2v) is 4.36. The highest BCUT2D eigenvalue weighted by atomic mass is 15.4. The zero-order valence-electron chi connectivity index (χ0n) is 11.1. The van der Waals surface area contributed by atoms with Crippen molar-refractivity contribution < 1.29 is 0 Å². The van der Waals surface area contributed by atoms with Crippen molar-refractivity contribution >= 4 is 0 Å². The van der Waals surface area contributed by atoms with Crippen LogP contribution in [0.1, 0.15) is 37.7 Å². The summed E-state index contributed by atoms with van der Waals surface area (Å²) in [6.45, 7) is 7.28. The molecule has 1 unspecified atom stereocenters. The fourth-order valence-electron chi connectivity index (χ4n) is 1.92. The first-order chi connectivity index (χ1) is 8.74. The summed E-state index contributed by atoms with van der Waals surface area (Å²) in [6.07, 6.45) is 4.65. The van der Waals surface area contributed by atoms with E-state index in [1.54, 1.807) is 12.4 Å². The van der Waals surface area contributed by atoms with E-state index in [4.69, 9.17) is 0 Å². The maximum Gasteiger partial charge on any atom is 0.103 e. The van der Waals surface area contributed by atoms with Gasteiger partial charge >= 0.3 is 0 Å². The van der Waals surface area contributed by atoms with Gasteiger partial charge in [0.25, 0.3) is 0 Å². The Morgan fingerprint density at radius 2 is 2.28 bits per heavy atom. The van der Waals surface area contributed by atoms with Crippen LogP contribution in [0, 0.1) is 6.92 Å². The van der Waals surface area contributed by atoms with Crippen molar-refractivity contribution in [1.29, 1.82) is 0 Å². The minimum absolute atomic E-state index is 0.218. The van der Waals surface area contributed by atoms with E-state index >= 15 is 0 Å². The van der Waals surface area contributed by atoms with Crippen LogP contribution in [0.25, 0.3) is 5.69 Å². The topological polar surface area (TPSA) is 55.6 Å². The molecule has 0 fully saturated rings. The normalized spacial score (nSPS) is 12.6. The monoisotopic (exact) mass is 245 g/mol. The van der Waals surface area contributed by atoms with E-state index in [0.29, 0.717) is 0 Å². The summed E-state index contributed by atoms with van der Waals surface area (Å²) < 4.78 is 1.83. The Bertz CT molecular complexity index is 491. The van der Waals surface area contributed by atoms with Gasteiger partial charge in [-0.1, -0.05) is 12.1 Å². The molecular formula is C13H19N5. The molecule has 0 saturated carbocycles. The number of pyridine rings is 1. The first kappa shape index (κ1) is 12.7. The molecule has 5 nitrogen and oxygen atoms in total. The minimum atomic E-state index is 0.218. The van der Waals surface area contributed by atoms with Crippen molar-refractivity contribution in [2.45, 2.75) is 33.2 Å². The van der Waals surface area contributed by atoms with Gasteiger partial charge < -0.3 is 5.32 Å². The van der Waals surface area contributed by atoms with Crippen molar-refractivity contribution in [3.8, 4) is 5.69 Å². The summed E-state index contributed by atoms with van der Waals surface area (Å²) in [4.78, 5) is 4.10. The van der Waals surface area contributed by atoms with Crippen LogP contribution < -0.4 is 5.32 Å². The largest absolute Gasteiger partial charge is 0.309 e.